The van der Waals surface area contributed by atoms with E-state index in [1.165, 1.54) is 11.1 Å². The van der Waals surface area contributed by atoms with E-state index in [-0.39, 0.29) is 6.09 Å². The summed E-state index contributed by atoms with van der Waals surface area (Å²) in [7, 11) is 0. The fourth-order valence-electron chi connectivity index (χ4n) is 2.58. The molecule has 1 N–H and O–H groups in total. The number of ether oxygens (including phenoxy) is 1. The molecule has 0 fully saturated rings. The average molecular weight is 325 g/mol. The lowest BCUT2D eigenvalue weighted by Gasteiger charge is -2.29. The number of hydrogen-bond acceptors (Lipinski definition) is 3. The Morgan fingerprint density at radius 2 is 2.14 bits per heavy atom. The van der Waals surface area contributed by atoms with Crippen molar-refractivity contribution in [2.24, 2.45) is 0 Å². The first-order valence-corrected chi connectivity index (χ1v) is 8.18. The maximum absolute atomic E-state index is 11.5. The lowest BCUT2D eigenvalue weighted by atomic mass is 10.00. The van der Waals surface area contributed by atoms with Gasteiger partial charge in [0.1, 0.15) is 5.60 Å². The highest BCUT2D eigenvalue weighted by atomic mass is 35.5. The number of halogens is 1. The molecule has 2 rings (SSSR count). The van der Waals surface area contributed by atoms with Crippen molar-refractivity contribution in [1.82, 2.24) is 10.2 Å². The lowest BCUT2D eigenvalue weighted by molar-refractivity contribution is 0.0525. The predicted molar refractivity (Wildman–Crippen MR) is 89.3 cm³/mol. The van der Waals surface area contributed by atoms with Crippen LogP contribution in [-0.4, -0.2) is 36.2 Å². The van der Waals surface area contributed by atoms with E-state index in [0.717, 1.165) is 37.5 Å². The highest BCUT2D eigenvalue weighted by molar-refractivity contribution is 6.30. The number of carbonyl (C=O) groups is 1. The van der Waals surface area contributed by atoms with Crippen LogP contribution in [0.2, 0.25) is 5.02 Å². The molecule has 0 bridgehead atoms. The topological polar surface area (TPSA) is 41.6 Å². The molecule has 1 heterocycles. The van der Waals surface area contributed by atoms with E-state index in [2.05, 4.69) is 22.3 Å². The average Bonchev–Trinajstić information content (AvgIpc) is 2.41. The molecule has 122 valence electrons. The summed E-state index contributed by atoms with van der Waals surface area (Å²) in [4.78, 5) is 13.9. The summed E-state index contributed by atoms with van der Waals surface area (Å²) in [5.41, 5.74) is 2.27. The Morgan fingerprint density at radius 1 is 1.36 bits per heavy atom. The molecule has 1 aromatic carbocycles. The van der Waals surface area contributed by atoms with Crippen molar-refractivity contribution in [1.29, 1.82) is 0 Å². The number of alkyl carbamates (subject to hydrolysis) is 1. The fourth-order valence-corrected chi connectivity index (χ4v) is 2.78. The Bertz CT molecular complexity index is 526. The second kappa shape index (κ2) is 7.34. The molecular weight excluding hydrogens is 300 g/mol. The smallest absolute Gasteiger partial charge is 0.407 e. The van der Waals surface area contributed by atoms with Crippen molar-refractivity contribution in [3.8, 4) is 0 Å². The summed E-state index contributed by atoms with van der Waals surface area (Å²) in [6, 6.07) is 6.14. The van der Waals surface area contributed by atoms with Gasteiger partial charge in [-0.3, -0.25) is 4.90 Å². The number of benzene rings is 1. The molecule has 0 unspecified atom stereocenters. The van der Waals surface area contributed by atoms with Gasteiger partial charge in [0.15, 0.2) is 0 Å². The Morgan fingerprint density at radius 3 is 2.86 bits per heavy atom. The van der Waals surface area contributed by atoms with Gasteiger partial charge in [0.25, 0.3) is 0 Å². The molecule has 1 aliphatic rings. The molecule has 1 amide bonds. The zero-order valence-electron chi connectivity index (χ0n) is 13.6. The normalized spacial score (nSPS) is 15.3. The standard InChI is InChI=1S/C17H25ClN2O2/c1-17(2,3)22-16(21)19-8-4-9-20-10-7-13-5-6-15(18)11-14(13)12-20/h5-6,11H,4,7-10,12H2,1-3H3,(H,19,21). The van der Waals surface area contributed by atoms with Crippen LogP contribution in [0.15, 0.2) is 18.2 Å². The van der Waals surface area contributed by atoms with Crippen molar-refractivity contribution >= 4 is 17.7 Å². The zero-order chi connectivity index (χ0) is 16.2. The van der Waals surface area contributed by atoms with Gasteiger partial charge in [0.2, 0.25) is 0 Å². The molecule has 0 saturated heterocycles. The summed E-state index contributed by atoms with van der Waals surface area (Å²) in [5, 5.41) is 3.60. The van der Waals surface area contributed by atoms with Crippen LogP contribution in [0.5, 0.6) is 0 Å². The molecule has 4 nitrogen and oxygen atoms in total. The molecule has 5 heteroatoms. The van der Waals surface area contributed by atoms with Crippen LogP contribution < -0.4 is 5.32 Å². The van der Waals surface area contributed by atoms with Crippen LogP contribution >= 0.6 is 11.6 Å². The molecular formula is C17H25ClN2O2. The number of hydrogen-bond donors (Lipinski definition) is 1. The van der Waals surface area contributed by atoms with E-state index < -0.39 is 5.60 Å². The molecule has 22 heavy (non-hydrogen) atoms. The molecule has 0 aromatic heterocycles. The summed E-state index contributed by atoms with van der Waals surface area (Å²) >= 11 is 6.06. The van der Waals surface area contributed by atoms with Gasteiger partial charge in [0.05, 0.1) is 0 Å². The predicted octanol–water partition coefficient (Wildman–Crippen LogP) is 3.61. The Balaban J connectivity index is 1.70. The first-order valence-electron chi connectivity index (χ1n) is 7.80. The highest BCUT2D eigenvalue weighted by Crippen LogP contribution is 2.22. The van der Waals surface area contributed by atoms with Gasteiger partial charge in [-0.2, -0.15) is 0 Å². The molecule has 0 saturated carbocycles. The van der Waals surface area contributed by atoms with E-state index in [9.17, 15) is 4.79 Å². The van der Waals surface area contributed by atoms with Crippen LogP contribution in [0, 0.1) is 0 Å². The molecule has 0 aliphatic carbocycles. The molecule has 1 aromatic rings. The first kappa shape index (κ1) is 17.1. The fraction of sp³-hybridized carbons (Fsp3) is 0.588. The molecule has 0 spiro atoms. The van der Waals surface area contributed by atoms with Crippen LogP contribution in [0.25, 0.3) is 0 Å². The van der Waals surface area contributed by atoms with Gasteiger partial charge in [0, 0.05) is 31.2 Å². The minimum atomic E-state index is -0.445. The van der Waals surface area contributed by atoms with Crippen molar-refractivity contribution in [2.45, 2.75) is 45.8 Å². The third kappa shape index (κ3) is 5.50. The number of fused-ring (bicyclic) bond motifs is 1. The SMILES string of the molecule is CC(C)(C)OC(=O)NCCCN1CCc2ccc(Cl)cc2C1. The second-order valence-electron chi connectivity index (χ2n) is 6.72. The Hall–Kier alpha value is -1.26. The Labute approximate surface area is 137 Å². The van der Waals surface area contributed by atoms with Gasteiger partial charge in [-0.05, 0) is 56.9 Å². The van der Waals surface area contributed by atoms with Gasteiger partial charge in [-0.15, -0.1) is 0 Å². The second-order valence-corrected chi connectivity index (χ2v) is 7.16. The van der Waals surface area contributed by atoms with Crippen LogP contribution in [-0.2, 0) is 17.7 Å². The maximum atomic E-state index is 11.5. The monoisotopic (exact) mass is 324 g/mol. The quantitative estimate of drug-likeness (QED) is 0.860. The molecule has 1 aliphatic heterocycles. The molecule has 0 atom stereocenters. The van der Waals surface area contributed by atoms with E-state index in [1.807, 2.05) is 26.8 Å². The summed E-state index contributed by atoms with van der Waals surface area (Å²) in [5.74, 6) is 0. The minimum absolute atomic E-state index is 0.344. The van der Waals surface area contributed by atoms with Crippen LogP contribution in [0.4, 0.5) is 4.79 Å². The lowest BCUT2D eigenvalue weighted by Crippen LogP contribution is -2.36. The van der Waals surface area contributed by atoms with Crippen molar-refractivity contribution in [3.63, 3.8) is 0 Å². The number of carbonyl (C=O) groups excluding carboxylic acids is 1. The van der Waals surface area contributed by atoms with Gasteiger partial charge >= 0.3 is 6.09 Å². The highest BCUT2D eigenvalue weighted by Gasteiger charge is 2.17. The summed E-state index contributed by atoms with van der Waals surface area (Å²) < 4.78 is 5.21. The summed E-state index contributed by atoms with van der Waals surface area (Å²) in [6.07, 6.45) is 1.63. The van der Waals surface area contributed by atoms with E-state index in [0.29, 0.717) is 6.54 Å². The number of amides is 1. The summed E-state index contributed by atoms with van der Waals surface area (Å²) in [6.45, 7) is 9.17. The van der Waals surface area contributed by atoms with Crippen molar-refractivity contribution in [2.75, 3.05) is 19.6 Å². The number of nitrogens with one attached hydrogen (secondary N) is 1. The third-order valence-electron chi connectivity index (χ3n) is 3.58. The van der Waals surface area contributed by atoms with Gasteiger partial charge < -0.3 is 10.1 Å². The van der Waals surface area contributed by atoms with Crippen molar-refractivity contribution < 1.29 is 9.53 Å². The molecule has 0 radical (unpaired) electrons. The van der Waals surface area contributed by atoms with E-state index in [4.69, 9.17) is 16.3 Å². The minimum Gasteiger partial charge on any atom is -0.444 e. The van der Waals surface area contributed by atoms with Crippen LogP contribution in [0.3, 0.4) is 0 Å². The number of nitrogens with zero attached hydrogens (tertiary/aromatic N) is 1. The maximum Gasteiger partial charge on any atom is 0.407 e. The zero-order valence-corrected chi connectivity index (χ0v) is 14.4. The van der Waals surface area contributed by atoms with Crippen LogP contribution in [0.1, 0.15) is 38.3 Å². The largest absolute Gasteiger partial charge is 0.444 e. The Kier molecular flexibility index (Phi) is 5.70. The van der Waals surface area contributed by atoms with Crippen molar-refractivity contribution in [3.05, 3.63) is 34.3 Å². The first-order chi connectivity index (χ1) is 10.3. The third-order valence-corrected chi connectivity index (χ3v) is 3.81. The van der Waals surface area contributed by atoms with E-state index >= 15 is 0 Å². The van der Waals surface area contributed by atoms with Gasteiger partial charge in [-0.1, -0.05) is 17.7 Å². The van der Waals surface area contributed by atoms with E-state index in [1.54, 1.807) is 0 Å². The van der Waals surface area contributed by atoms with Gasteiger partial charge in [-0.25, -0.2) is 4.79 Å². The number of rotatable bonds is 4.